The van der Waals surface area contributed by atoms with Gasteiger partial charge in [0.25, 0.3) is 0 Å². The first-order chi connectivity index (χ1) is 13.5. The van der Waals surface area contributed by atoms with Crippen molar-refractivity contribution in [2.45, 2.75) is 13.3 Å². The molecule has 3 rings (SSSR count). The van der Waals surface area contributed by atoms with Gasteiger partial charge in [-0.15, -0.1) is 0 Å². The molecule has 6 nitrogen and oxygen atoms in total. The van der Waals surface area contributed by atoms with Crippen molar-refractivity contribution >= 4 is 11.9 Å². The molecule has 6 heteroatoms. The molecule has 0 aromatic heterocycles. The van der Waals surface area contributed by atoms with Crippen LogP contribution in [0, 0.1) is 22.7 Å². The number of hydrogen-bond donors (Lipinski definition) is 1. The van der Waals surface area contributed by atoms with Gasteiger partial charge in [0.2, 0.25) is 5.91 Å². The van der Waals surface area contributed by atoms with Gasteiger partial charge in [-0.05, 0) is 42.3 Å². The lowest BCUT2D eigenvalue weighted by atomic mass is 9.77. The van der Waals surface area contributed by atoms with Crippen LogP contribution in [0.15, 0.2) is 48.5 Å². The van der Waals surface area contributed by atoms with Crippen LogP contribution >= 0.6 is 0 Å². The SMILES string of the molecule is COC(=O)CC1(C)C(=O)NCC1COc1ccc(-c2ccc(C#N)cc2)cc1. The highest BCUT2D eigenvalue weighted by molar-refractivity contribution is 5.89. The van der Waals surface area contributed by atoms with Gasteiger partial charge >= 0.3 is 5.97 Å². The lowest BCUT2D eigenvalue weighted by Crippen LogP contribution is -2.37. The summed E-state index contributed by atoms with van der Waals surface area (Å²) in [5.74, 6) is 0.00782. The Labute approximate surface area is 164 Å². The number of hydrogen-bond acceptors (Lipinski definition) is 5. The summed E-state index contributed by atoms with van der Waals surface area (Å²) in [5.41, 5.74) is 1.82. The van der Waals surface area contributed by atoms with Gasteiger partial charge in [0.05, 0.1) is 37.2 Å². The fourth-order valence-corrected chi connectivity index (χ4v) is 3.35. The van der Waals surface area contributed by atoms with Crippen molar-refractivity contribution in [1.29, 1.82) is 5.26 Å². The summed E-state index contributed by atoms with van der Waals surface area (Å²) in [6.45, 7) is 2.56. The minimum Gasteiger partial charge on any atom is -0.493 e. The first kappa shape index (κ1) is 19.4. The molecule has 1 aliphatic heterocycles. The first-order valence-corrected chi connectivity index (χ1v) is 9.05. The molecule has 2 unspecified atom stereocenters. The molecule has 0 radical (unpaired) electrons. The minimum absolute atomic E-state index is 0.0288. The summed E-state index contributed by atoms with van der Waals surface area (Å²) in [4.78, 5) is 23.9. The largest absolute Gasteiger partial charge is 0.493 e. The van der Waals surface area contributed by atoms with Gasteiger partial charge < -0.3 is 14.8 Å². The number of carbonyl (C=O) groups excluding carboxylic acids is 2. The third kappa shape index (κ3) is 3.99. The van der Waals surface area contributed by atoms with E-state index in [0.717, 1.165) is 11.1 Å². The maximum atomic E-state index is 12.2. The molecule has 1 aliphatic rings. The van der Waals surface area contributed by atoms with E-state index >= 15 is 0 Å². The molecule has 0 bridgehead atoms. The van der Waals surface area contributed by atoms with Gasteiger partial charge in [0.15, 0.2) is 0 Å². The molecule has 1 fully saturated rings. The maximum Gasteiger partial charge on any atom is 0.306 e. The average molecular weight is 378 g/mol. The molecule has 144 valence electrons. The Morgan fingerprint density at radius 3 is 2.36 bits per heavy atom. The molecule has 2 atom stereocenters. The Morgan fingerprint density at radius 1 is 1.18 bits per heavy atom. The Balaban J connectivity index is 1.65. The second-order valence-electron chi connectivity index (χ2n) is 7.10. The molecule has 2 aromatic carbocycles. The first-order valence-electron chi connectivity index (χ1n) is 9.05. The zero-order valence-electron chi connectivity index (χ0n) is 15.9. The number of carbonyl (C=O) groups is 2. The lowest BCUT2D eigenvalue weighted by molar-refractivity contribution is -0.147. The monoisotopic (exact) mass is 378 g/mol. The van der Waals surface area contributed by atoms with E-state index in [1.165, 1.54) is 7.11 Å². The highest BCUT2D eigenvalue weighted by atomic mass is 16.5. The predicted molar refractivity (Wildman–Crippen MR) is 103 cm³/mol. The van der Waals surface area contributed by atoms with Crippen LogP contribution in [-0.2, 0) is 14.3 Å². The van der Waals surface area contributed by atoms with Crippen LogP contribution in [0.5, 0.6) is 5.75 Å². The molecule has 28 heavy (non-hydrogen) atoms. The third-order valence-corrected chi connectivity index (χ3v) is 5.32. The zero-order valence-corrected chi connectivity index (χ0v) is 15.9. The fraction of sp³-hybridized carbons (Fsp3) is 0.318. The standard InChI is InChI=1S/C22H22N2O4/c1-22(11-20(25)27-2)18(13-24-21(22)26)14-28-19-9-7-17(8-10-19)16-5-3-15(12-23)4-6-16/h3-10,18H,11,13-14H2,1-2H3,(H,24,26). The number of nitriles is 1. The van der Waals surface area contributed by atoms with Gasteiger partial charge in [0, 0.05) is 12.5 Å². The summed E-state index contributed by atoms with van der Waals surface area (Å²) in [6, 6.07) is 17.1. The van der Waals surface area contributed by atoms with Crippen molar-refractivity contribution < 1.29 is 19.1 Å². The van der Waals surface area contributed by atoms with Crippen molar-refractivity contribution in [2.24, 2.45) is 11.3 Å². The highest BCUT2D eigenvalue weighted by Gasteiger charge is 2.48. The number of ether oxygens (including phenoxy) is 2. The number of nitrogens with zero attached hydrogens (tertiary/aromatic N) is 1. The van der Waals surface area contributed by atoms with Gasteiger partial charge in [-0.3, -0.25) is 9.59 Å². The molecule has 0 aliphatic carbocycles. The Kier molecular flexibility index (Phi) is 5.65. The molecular weight excluding hydrogens is 356 g/mol. The van der Waals surface area contributed by atoms with E-state index in [0.29, 0.717) is 24.5 Å². The summed E-state index contributed by atoms with van der Waals surface area (Å²) < 4.78 is 10.6. The summed E-state index contributed by atoms with van der Waals surface area (Å²) in [6.07, 6.45) is 0.0288. The van der Waals surface area contributed by atoms with E-state index in [4.69, 9.17) is 14.7 Å². The number of esters is 1. The average Bonchev–Trinajstić information content (AvgIpc) is 3.00. The number of benzene rings is 2. The van der Waals surface area contributed by atoms with E-state index in [1.807, 2.05) is 36.4 Å². The fourth-order valence-electron chi connectivity index (χ4n) is 3.35. The van der Waals surface area contributed by atoms with Crippen molar-refractivity contribution in [1.82, 2.24) is 5.32 Å². The highest BCUT2D eigenvalue weighted by Crippen LogP contribution is 2.36. The van der Waals surface area contributed by atoms with Crippen LogP contribution in [-0.4, -0.2) is 32.1 Å². The molecule has 1 heterocycles. The van der Waals surface area contributed by atoms with Crippen molar-refractivity contribution in [3.05, 3.63) is 54.1 Å². The normalized spacial score (nSPS) is 20.9. The van der Waals surface area contributed by atoms with E-state index in [-0.39, 0.29) is 18.2 Å². The molecular formula is C22H22N2O4. The number of methoxy groups -OCH3 is 1. The van der Waals surface area contributed by atoms with Crippen molar-refractivity contribution in [3.8, 4) is 22.9 Å². The van der Waals surface area contributed by atoms with Gasteiger partial charge in [-0.2, -0.15) is 5.26 Å². The van der Waals surface area contributed by atoms with Gasteiger partial charge in [-0.1, -0.05) is 24.3 Å². The maximum absolute atomic E-state index is 12.2. The van der Waals surface area contributed by atoms with Crippen LogP contribution in [0.4, 0.5) is 0 Å². The van der Waals surface area contributed by atoms with E-state index in [9.17, 15) is 9.59 Å². The molecule has 1 amide bonds. The van der Waals surface area contributed by atoms with Crippen LogP contribution in [0.3, 0.4) is 0 Å². The van der Waals surface area contributed by atoms with E-state index in [1.54, 1.807) is 19.1 Å². The Bertz CT molecular complexity index is 900. The van der Waals surface area contributed by atoms with Gasteiger partial charge in [0.1, 0.15) is 5.75 Å². The number of amides is 1. The second kappa shape index (κ2) is 8.13. The smallest absolute Gasteiger partial charge is 0.306 e. The van der Waals surface area contributed by atoms with Crippen molar-refractivity contribution in [3.63, 3.8) is 0 Å². The topological polar surface area (TPSA) is 88.4 Å². The molecule has 0 saturated carbocycles. The molecule has 1 N–H and O–H groups in total. The Hall–Kier alpha value is -3.33. The van der Waals surface area contributed by atoms with Crippen LogP contribution < -0.4 is 10.1 Å². The molecule has 1 saturated heterocycles. The van der Waals surface area contributed by atoms with E-state index < -0.39 is 11.4 Å². The quantitative estimate of drug-likeness (QED) is 0.781. The van der Waals surface area contributed by atoms with Crippen LogP contribution in [0.1, 0.15) is 18.9 Å². The molecule has 2 aromatic rings. The minimum atomic E-state index is -0.838. The molecule has 0 spiro atoms. The summed E-state index contributed by atoms with van der Waals surface area (Å²) in [5, 5.41) is 11.7. The van der Waals surface area contributed by atoms with Gasteiger partial charge in [-0.25, -0.2) is 0 Å². The second-order valence-corrected chi connectivity index (χ2v) is 7.10. The van der Waals surface area contributed by atoms with E-state index in [2.05, 4.69) is 11.4 Å². The summed E-state index contributed by atoms with van der Waals surface area (Å²) in [7, 11) is 1.32. The van der Waals surface area contributed by atoms with Crippen LogP contribution in [0.25, 0.3) is 11.1 Å². The third-order valence-electron chi connectivity index (χ3n) is 5.32. The van der Waals surface area contributed by atoms with Crippen LogP contribution in [0.2, 0.25) is 0 Å². The zero-order chi connectivity index (χ0) is 20.1. The predicted octanol–water partition coefficient (Wildman–Crippen LogP) is 2.92. The Morgan fingerprint density at radius 2 is 1.79 bits per heavy atom. The van der Waals surface area contributed by atoms with Crippen molar-refractivity contribution in [2.75, 3.05) is 20.3 Å². The number of rotatable bonds is 6. The number of nitrogens with one attached hydrogen (secondary N) is 1. The lowest BCUT2D eigenvalue weighted by Gasteiger charge is -2.27. The summed E-state index contributed by atoms with van der Waals surface area (Å²) >= 11 is 0.